The minimum absolute atomic E-state index is 0.0217. The van der Waals surface area contributed by atoms with E-state index in [-0.39, 0.29) is 17.5 Å². The highest BCUT2D eigenvalue weighted by atomic mass is 16.7. The molecule has 174 valence electrons. The number of aliphatic carboxylic acids is 1. The van der Waals surface area contributed by atoms with Crippen molar-refractivity contribution in [2.24, 2.45) is 39.7 Å². The number of fused-ring (bicyclic) bond motifs is 5. The molecule has 4 fully saturated rings. The Morgan fingerprint density at radius 2 is 1.81 bits per heavy atom. The fourth-order valence-electron chi connectivity index (χ4n) is 7.71. The van der Waals surface area contributed by atoms with E-state index >= 15 is 0 Å². The van der Waals surface area contributed by atoms with E-state index in [1.165, 1.54) is 26.2 Å². The molecular formula is C25H39NO5. The second kappa shape index (κ2) is 7.77. The molecule has 4 rings (SSSR count). The Balaban J connectivity index is 1.50. The third-order valence-corrected chi connectivity index (χ3v) is 9.59. The largest absolute Gasteiger partial charge is 0.478 e. The molecule has 0 unspecified atom stereocenters. The van der Waals surface area contributed by atoms with Crippen molar-refractivity contribution in [2.45, 2.75) is 104 Å². The predicted molar refractivity (Wildman–Crippen MR) is 118 cm³/mol. The van der Waals surface area contributed by atoms with Crippen LogP contribution in [0.3, 0.4) is 0 Å². The SMILES string of the molecule is CC(=O)O[C@@H]1CC[C@@]2(C)[C@@H](CC[C@@H]3[C@@H]2CC[C@]2(C)/C(=N/OC(C)(C)C(=O)O)CC[C@@H]32)C1. The van der Waals surface area contributed by atoms with Crippen LogP contribution in [0.4, 0.5) is 0 Å². The summed E-state index contributed by atoms with van der Waals surface area (Å²) in [4.78, 5) is 28.4. The first-order valence-corrected chi connectivity index (χ1v) is 12.1. The number of hydrogen-bond donors (Lipinski definition) is 1. The normalized spacial score (nSPS) is 43.5. The second-order valence-corrected chi connectivity index (χ2v) is 11.6. The standard InChI is InChI=1S/C25H39NO5/c1-15(27)30-17-10-12-24(4)16(14-17)6-7-18-19-8-9-21(25(19,5)13-11-20(18)24)26-31-23(2,3)22(28)29/h16-20H,6-14H2,1-5H3,(H,28,29)/b26-21+/t16-,17+,18-,19-,20-,24-,25-/m0/s1. The zero-order valence-electron chi connectivity index (χ0n) is 19.8. The van der Waals surface area contributed by atoms with Crippen molar-refractivity contribution < 1.29 is 24.3 Å². The van der Waals surface area contributed by atoms with Crippen LogP contribution in [0.1, 0.15) is 92.4 Å². The number of rotatable bonds is 4. The summed E-state index contributed by atoms with van der Waals surface area (Å²) in [5, 5.41) is 13.8. The van der Waals surface area contributed by atoms with Gasteiger partial charge in [-0.25, -0.2) is 4.79 Å². The summed E-state index contributed by atoms with van der Waals surface area (Å²) in [6.07, 6.45) is 10.1. The molecule has 0 spiro atoms. The molecule has 6 nitrogen and oxygen atoms in total. The predicted octanol–water partition coefficient (Wildman–Crippen LogP) is 5.20. The molecule has 4 aliphatic rings. The van der Waals surface area contributed by atoms with Crippen LogP contribution in [0, 0.1) is 34.5 Å². The number of oxime groups is 1. The lowest BCUT2D eigenvalue weighted by Crippen LogP contribution is -2.54. The first kappa shape index (κ1) is 22.6. The lowest BCUT2D eigenvalue weighted by atomic mass is 9.45. The quantitative estimate of drug-likeness (QED) is 0.487. The van der Waals surface area contributed by atoms with Crippen LogP contribution in [-0.2, 0) is 19.2 Å². The molecular weight excluding hydrogens is 394 g/mol. The first-order chi connectivity index (χ1) is 14.5. The molecule has 0 bridgehead atoms. The number of carbonyl (C=O) groups is 2. The van der Waals surface area contributed by atoms with Crippen LogP contribution in [0.5, 0.6) is 0 Å². The van der Waals surface area contributed by atoms with E-state index in [1.807, 2.05) is 0 Å². The molecule has 0 aromatic heterocycles. The number of nitrogens with zero attached hydrogens (tertiary/aromatic N) is 1. The third-order valence-electron chi connectivity index (χ3n) is 9.59. The van der Waals surface area contributed by atoms with Gasteiger partial charge in [-0.05, 0) is 101 Å². The lowest BCUT2D eigenvalue weighted by molar-refractivity contribution is -0.161. The van der Waals surface area contributed by atoms with Crippen molar-refractivity contribution >= 4 is 17.7 Å². The Morgan fingerprint density at radius 1 is 1.06 bits per heavy atom. The Hall–Kier alpha value is -1.59. The van der Waals surface area contributed by atoms with Gasteiger partial charge in [0.25, 0.3) is 0 Å². The smallest absolute Gasteiger partial charge is 0.350 e. The molecule has 1 N–H and O–H groups in total. The zero-order chi connectivity index (χ0) is 22.6. The van der Waals surface area contributed by atoms with Crippen LogP contribution >= 0.6 is 0 Å². The van der Waals surface area contributed by atoms with Gasteiger partial charge in [0, 0.05) is 12.3 Å². The molecule has 31 heavy (non-hydrogen) atoms. The van der Waals surface area contributed by atoms with Crippen LogP contribution < -0.4 is 0 Å². The van der Waals surface area contributed by atoms with Gasteiger partial charge >= 0.3 is 11.9 Å². The Kier molecular flexibility index (Phi) is 5.66. The van der Waals surface area contributed by atoms with Crippen molar-refractivity contribution in [1.29, 1.82) is 0 Å². The van der Waals surface area contributed by atoms with Gasteiger partial charge in [0.05, 0.1) is 5.71 Å². The van der Waals surface area contributed by atoms with Crippen molar-refractivity contribution in [3.8, 4) is 0 Å². The molecule has 0 aromatic rings. The van der Waals surface area contributed by atoms with E-state index in [0.717, 1.165) is 50.2 Å². The fourth-order valence-corrected chi connectivity index (χ4v) is 7.71. The number of carbonyl (C=O) groups excluding carboxylic acids is 1. The molecule has 0 saturated heterocycles. The maximum atomic E-state index is 11.4. The molecule has 7 atom stereocenters. The fraction of sp³-hybridized carbons (Fsp3) is 0.880. The maximum Gasteiger partial charge on any atom is 0.350 e. The summed E-state index contributed by atoms with van der Waals surface area (Å²) < 4.78 is 5.58. The highest BCUT2D eigenvalue weighted by Gasteiger charge is 2.60. The summed E-state index contributed by atoms with van der Waals surface area (Å²) in [5.41, 5.74) is 0.123. The van der Waals surface area contributed by atoms with Gasteiger partial charge in [-0.1, -0.05) is 19.0 Å². The topological polar surface area (TPSA) is 85.2 Å². The Bertz CT molecular complexity index is 776. The van der Waals surface area contributed by atoms with Crippen LogP contribution in [0.15, 0.2) is 5.16 Å². The summed E-state index contributed by atoms with van der Waals surface area (Å²) in [5.74, 6) is 1.53. The van der Waals surface area contributed by atoms with Gasteiger partial charge < -0.3 is 14.7 Å². The minimum atomic E-state index is -1.30. The second-order valence-electron chi connectivity index (χ2n) is 11.6. The van der Waals surface area contributed by atoms with E-state index in [9.17, 15) is 14.7 Å². The summed E-state index contributed by atoms with van der Waals surface area (Å²) in [6.45, 7) is 9.47. The number of ether oxygens (including phenoxy) is 1. The minimum Gasteiger partial charge on any atom is -0.478 e. The van der Waals surface area contributed by atoms with Gasteiger partial charge in [0.2, 0.25) is 5.60 Å². The Labute approximate surface area is 186 Å². The summed E-state index contributed by atoms with van der Waals surface area (Å²) >= 11 is 0. The average Bonchev–Trinajstić information content (AvgIpc) is 3.02. The van der Waals surface area contributed by atoms with Gasteiger partial charge in [0.15, 0.2) is 0 Å². The van der Waals surface area contributed by atoms with Crippen LogP contribution in [-0.4, -0.2) is 34.5 Å². The average molecular weight is 434 g/mol. The molecule has 0 heterocycles. The van der Waals surface area contributed by atoms with E-state index < -0.39 is 11.6 Å². The third kappa shape index (κ3) is 3.78. The highest BCUT2D eigenvalue weighted by molar-refractivity contribution is 5.92. The van der Waals surface area contributed by atoms with Crippen LogP contribution in [0.2, 0.25) is 0 Å². The Morgan fingerprint density at radius 3 is 2.48 bits per heavy atom. The number of esters is 1. The van der Waals surface area contributed by atoms with E-state index in [4.69, 9.17) is 9.57 Å². The van der Waals surface area contributed by atoms with Gasteiger partial charge in [-0.2, -0.15) is 0 Å². The van der Waals surface area contributed by atoms with E-state index in [1.54, 1.807) is 13.8 Å². The highest BCUT2D eigenvalue weighted by Crippen LogP contribution is 2.65. The zero-order valence-corrected chi connectivity index (χ0v) is 19.8. The van der Waals surface area contributed by atoms with Gasteiger partial charge in [0.1, 0.15) is 6.10 Å². The number of carboxylic acid groups (broad SMARTS) is 1. The van der Waals surface area contributed by atoms with Gasteiger partial charge in [-0.3, -0.25) is 4.79 Å². The molecule has 4 saturated carbocycles. The molecule has 6 heteroatoms. The molecule has 4 aliphatic carbocycles. The molecule has 0 aromatic carbocycles. The van der Waals surface area contributed by atoms with Gasteiger partial charge in [-0.15, -0.1) is 0 Å². The molecule has 0 amide bonds. The van der Waals surface area contributed by atoms with Crippen molar-refractivity contribution in [2.75, 3.05) is 0 Å². The summed E-state index contributed by atoms with van der Waals surface area (Å²) in [6, 6.07) is 0. The summed E-state index contributed by atoms with van der Waals surface area (Å²) in [7, 11) is 0. The maximum absolute atomic E-state index is 11.4. The van der Waals surface area contributed by atoms with Crippen molar-refractivity contribution in [3.05, 3.63) is 0 Å². The first-order valence-electron chi connectivity index (χ1n) is 12.1. The number of carboxylic acids is 1. The lowest BCUT2D eigenvalue weighted by Gasteiger charge is -2.60. The molecule has 0 radical (unpaired) electrons. The van der Waals surface area contributed by atoms with E-state index in [0.29, 0.717) is 23.2 Å². The van der Waals surface area contributed by atoms with E-state index in [2.05, 4.69) is 19.0 Å². The monoisotopic (exact) mass is 433 g/mol. The number of hydrogen-bond acceptors (Lipinski definition) is 5. The molecule has 0 aliphatic heterocycles. The van der Waals surface area contributed by atoms with Crippen LogP contribution in [0.25, 0.3) is 0 Å². The van der Waals surface area contributed by atoms with Crippen molar-refractivity contribution in [3.63, 3.8) is 0 Å². The van der Waals surface area contributed by atoms with Crippen molar-refractivity contribution in [1.82, 2.24) is 0 Å².